The van der Waals surface area contributed by atoms with Gasteiger partial charge in [0.25, 0.3) is 0 Å². The molecule has 0 radical (unpaired) electrons. The molecule has 8 heteroatoms. The van der Waals surface area contributed by atoms with E-state index in [2.05, 4.69) is 10.3 Å². The minimum Gasteiger partial charge on any atom is -0.382 e. The van der Waals surface area contributed by atoms with Gasteiger partial charge in [-0.1, -0.05) is 0 Å². The molecular formula is C9H10F3N3OS. The monoisotopic (exact) mass is 265 g/mol. The highest BCUT2D eigenvalue weighted by Gasteiger charge is 2.37. The van der Waals surface area contributed by atoms with Gasteiger partial charge in [-0.3, -0.25) is 4.40 Å². The van der Waals surface area contributed by atoms with Gasteiger partial charge in [0.15, 0.2) is 11.1 Å². The second-order valence-electron chi connectivity index (χ2n) is 3.51. The van der Waals surface area contributed by atoms with Crippen LogP contribution in [0.3, 0.4) is 0 Å². The van der Waals surface area contributed by atoms with E-state index in [1.165, 1.54) is 11.3 Å². The third-order valence-electron chi connectivity index (χ3n) is 2.16. The van der Waals surface area contributed by atoms with Gasteiger partial charge in [-0.05, 0) is 0 Å². The van der Waals surface area contributed by atoms with Crippen LogP contribution in [0.2, 0.25) is 0 Å². The van der Waals surface area contributed by atoms with Crippen molar-refractivity contribution in [3.63, 3.8) is 0 Å². The lowest BCUT2D eigenvalue weighted by Gasteiger charge is -2.14. The fourth-order valence-electron chi connectivity index (χ4n) is 1.31. The maximum atomic E-state index is 12.0. The Kier molecular flexibility index (Phi) is 3.36. The molecule has 2 N–H and O–H groups in total. The first-order valence-electron chi connectivity index (χ1n) is 4.83. The summed E-state index contributed by atoms with van der Waals surface area (Å²) in [5.41, 5.74) is 0.645. The molecule has 1 atom stereocenters. The fraction of sp³-hybridized carbons (Fsp3) is 0.444. The lowest BCUT2D eigenvalue weighted by Crippen LogP contribution is -2.38. The van der Waals surface area contributed by atoms with Gasteiger partial charge in [0.05, 0.1) is 5.69 Å². The molecule has 0 bridgehead atoms. The normalized spacial score (nSPS) is 14.4. The number of imidazole rings is 1. The zero-order valence-electron chi connectivity index (χ0n) is 8.61. The smallest absolute Gasteiger partial charge is 0.382 e. The molecule has 0 saturated heterocycles. The van der Waals surface area contributed by atoms with Crippen LogP contribution in [-0.2, 0) is 6.54 Å². The molecule has 0 saturated carbocycles. The van der Waals surface area contributed by atoms with Crippen LogP contribution in [0.5, 0.6) is 0 Å². The number of halogens is 3. The van der Waals surface area contributed by atoms with Crippen LogP contribution in [0.4, 0.5) is 13.2 Å². The molecule has 0 aliphatic carbocycles. The molecule has 4 nitrogen and oxygen atoms in total. The Balaban J connectivity index is 1.85. The predicted molar refractivity (Wildman–Crippen MR) is 56.8 cm³/mol. The summed E-state index contributed by atoms with van der Waals surface area (Å²) in [6.45, 7) is -0.337. The molecular weight excluding hydrogens is 255 g/mol. The zero-order valence-corrected chi connectivity index (χ0v) is 9.42. The molecule has 2 heterocycles. The van der Waals surface area contributed by atoms with Gasteiger partial charge in [0, 0.05) is 30.9 Å². The van der Waals surface area contributed by atoms with Crippen LogP contribution in [0.25, 0.3) is 4.96 Å². The van der Waals surface area contributed by atoms with Crippen LogP contribution < -0.4 is 5.32 Å². The predicted octanol–water partition coefficient (Wildman–Crippen LogP) is 1.41. The minimum absolute atomic E-state index is 0.196. The van der Waals surface area contributed by atoms with Gasteiger partial charge in [-0.2, -0.15) is 13.2 Å². The highest BCUT2D eigenvalue weighted by atomic mass is 32.1. The number of hydrogen-bond donors (Lipinski definition) is 2. The molecule has 0 aliphatic heterocycles. The number of thiazole rings is 1. The second-order valence-corrected chi connectivity index (χ2v) is 4.39. The Morgan fingerprint density at radius 3 is 2.94 bits per heavy atom. The van der Waals surface area contributed by atoms with E-state index >= 15 is 0 Å². The number of fused-ring (bicyclic) bond motifs is 1. The van der Waals surface area contributed by atoms with Crippen molar-refractivity contribution in [1.29, 1.82) is 0 Å². The van der Waals surface area contributed by atoms with Gasteiger partial charge in [-0.15, -0.1) is 11.3 Å². The quantitative estimate of drug-likeness (QED) is 0.878. The summed E-state index contributed by atoms with van der Waals surface area (Å²) < 4.78 is 37.7. The van der Waals surface area contributed by atoms with Crippen molar-refractivity contribution >= 4 is 16.3 Å². The number of alkyl halides is 3. The van der Waals surface area contributed by atoms with Crippen LogP contribution in [-0.4, -0.2) is 33.3 Å². The highest BCUT2D eigenvalue weighted by Crippen LogP contribution is 2.19. The van der Waals surface area contributed by atoms with Crippen LogP contribution >= 0.6 is 11.3 Å². The third kappa shape index (κ3) is 2.96. The number of hydrogen-bond acceptors (Lipinski definition) is 4. The Labute approximate surface area is 98.7 Å². The Morgan fingerprint density at radius 1 is 1.53 bits per heavy atom. The van der Waals surface area contributed by atoms with Crippen molar-refractivity contribution in [1.82, 2.24) is 14.7 Å². The summed E-state index contributed by atoms with van der Waals surface area (Å²) in [5, 5.41) is 13.1. The van der Waals surface area contributed by atoms with Crippen molar-refractivity contribution in [2.24, 2.45) is 0 Å². The van der Waals surface area contributed by atoms with Crippen molar-refractivity contribution in [2.45, 2.75) is 18.8 Å². The SMILES string of the molecule is OC(CNCc1cn2ccsc2n1)C(F)(F)F. The summed E-state index contributed by atoms with van der Waals surface area (Å²) in [4.78, 5) is 4.98. The van der Waals surface area contributed by atoms with E-state index in [4.69, 9.17) is 5.11 Å². The first kappa shape index (κ1) is 12.3. The lowest BCUT2D eigenvalue weighted by atomic mass is 10.3. The number of nitrogens with one attached hydrogen (secondary N) is 1. The van der Waals surface area contributed by atoms with E-state index < -0.39 is 18.8 Å². The largest absolute Gasteiger partial charge is 0.415 e. The molecule has 0 fully saturated rings. The molecule has 17 heavy (non-hydrogen) atoms. The number of rotatable bonds is 4. The highest BCUT2D eigenvalue weighted by molar-refractivity contribution is 7.15. The van der Waals surface area contributed by atoms with E-state index in [1.54, 1.807) is 10.6 Å². The van der Waals surface area contributed by atoms with Crippen LogP contribution in [0.15, 0.2) is 17.8 Å². The molecule has 0 aliphatic rings. The molecule has 0 aromatic carbocycles. The van der Waals surface area contributed by atoms with Gasteiger partial charge in [-0.25, -0.2) is 4.98 Å². The number of aliphatic hydroxyl groups is 1. The Morgan fingerprint density at radius 2 is 2.29 bits per heavy atom. The number of aromatic nitrogens is 2. The molecule has 0 spiro atoms. The van der Waals surface area contributed by atoms with Crippen molar-refractivity contribution < 1.29 is 18.3 Å². The van der Waals surface area contributed by atoms with Crippen LogP contribution in [0, 0.1) is 0 Å². The standard InChI is InChI=1S/C9H10F3N3OS/c10-9(11,12)7(16)4-13-3-6-5-15-1-2-17-8(15)14-6/h1-2,5,7,13,16H,3-4H2. The van der Waals surface area contributed by atoms with E-state index in [0.717, 1.165) is 4.96 Å². The van der Waals surface area contributed by atoms with E-state index in [-0.39, 0.29) is 6.54 Å². The maximum Gasteiger partial charge on any atom is 0.415 e. The van der Waals surface area contributed by atoms with Gasteiger partial charge >= 0.3 is 6.18 Å². The lowest BCUT2D eigenvalue weighted by molar-refractivity contribution is -0.201. The van der Waals surface area contributed by atoms with Crippen molar-refractivity contribution in [3.8, 4) is 0 Å². The van der Waals surface area contributed by atoms with Crippen LogP contribution in [0.1, 0.15) is 5.69 Å². The first-order valence-corrected chi connectivity index (χ1v) is 5.71. The molecule has 2 aromatic heterocycles. The first-order chi connectivity index (χ1) is 7.97. The minimum atomic E-state index is -4.58. The number of nitrogens with zero attached hydrogens (tertiary/aromatic N) is 2. The number of aliphatic hydroxyl groups excluding tert-OH is 1. The summed E-state index contributed by atoms with van der Waals surface area (Å²) in [5.74, 6) is 0. The molecule has 2 aromatic rings. The zero-order chi connectivity index (χ0) is 12.5. The van der Waals surface area contributed by atoms with Gasteiger partial charge < -0.3 is 10.4 Å². The maximum absolute atomic E-state index is 12.0. The van der Waals surface area contributed by atoms with Crippen molar-refractivity contribution in [3.05, 3.63) is 23.5 Å². The van der Waals surface area contributed by atoms with Gasteiger partial charge in [0.2, 0.25) is 0 Å². The molecule has 1 unspecified atom stereocenters. The summed E-state index contributed by atoms with van der Waals surface area (Å²) in [6, 6.07) is 0. The summed E-state index contributed by atoms with van der Waals surface area (Å²) in [7, 11) is 0. The van der Waals surface area contributed by atoms with Gasteiger partial charge in [0.1, 0.15) is 0 Å². The Hall–Kier alpha value is -1.12. The molecule has 2 rings (SSSR count). The fourth-order valence-corrected chi connectivity index (χ4v) is 2.03. The average Bonchev–Trinajstić information content (AvgIpc) is 2.75. The topological polar surface area (TPSA) is 49.6 Å². The van der Waals surface area contributed by atoms with E-state index in [1.807, 2.05) is 11.6 Å². The summed E-state index contributed by atoms with van der Waals surface area (Å²) in [6.07, 6.45) is -3.37. The summed E-state index contributed by atoms with van der Waals surface area (Å²) >= 11 is 1.45. The Bertz CT molecular complexity index is 464. The average molecular weight is 265 g/mol. The molecule has 0 amide bonds. The van der Waals surface area contributed by atoms with E-state index in [9.17, 15) is 13.2 Å². The van der Waals surface area contributed by atoms with Crippen molar-refractivity contribution in [2.75, 3.05) is 6.54 Å². The molecule has 94 valence electrons. The third-order valence-corrected chi connectivity index (χ3v) is 2.94. The van der Waals surface area contributed by atoms with E-state index in [0.29, 0.717) is 5.69 Å². The second kappa shape index (κ2) is 4.63.